The van der Waals surface area contributed by atoms with Gasteiger partial charge in [0.2, 0.25) is 0 Å². The lowest BCUT2D eigenvalue weighted by Crippen LogP contribution is -2.22. The van der Waals surface area contributed by atoms with Crippen molar-refractivity contribution >= 4 is 0 Å². The molecule has 102 valence electrons. The second-order valence-electron chi connectivity index (χ2n) is 4.72. The van der Waals surface area contributed by atoms with Crippen molar-refractivity contribution in [2.24, 2.45) is 0 Å². The van der Waals surface area contributed by atoms with Crippen LogP contribution in [-0.4, -0.2) is 25.6 Å². The van der Waals surface area contributed by atoms with Gasteiger partial charge in [0.05, 0.1) is 18.8 Å². The maximum absolute atomic E-state index is 12.1. The number of pyridine rings is 1. The van der Waals surface area contributed by atoms with Crippen LogP contribution in [0.1, 0.15) is 25.0 Å². The van der Waals surface area contributed by atoms with Crippen LogP contribution in [0.2, 0.25) is 0 Å². The third kappa shape index (κ3) is 3.32. The van der Waals surface area contributed by atoms with Crippen molar-refractivity contribution in [3.8, 4) is 0 Å². The van der Waals surface area contributed by atoms with Gasteiger partial charge in [-0.3, -0.25) is 9.48 Å². The first kappa shape index (κ1) is 13.5. The first-order valence-corrected chi connectivity index (χ1v) is 6.48. The Labute approximate surface area is 112 Å². The molecule has 5 nitrogen and oxygen atoms in total. The van der Waals surface area contributed by atoms with E-state index in [2.05, 4.69) is 5.10 Å². The second kappa shape index (κ2) is 5.84. The summed E-state index contributed by atoms with van der Waals surface area (Å²) in [4.78, 5) is 12.1. The van der Waals surface area contributed by atoms with Gasteiger partial charge in [-0.05, 0) is 25.5 Å². The monoisotopic (exact) mass is 261 g/mol. The van der Waals surface area contributed by atoms with Gasteiger partial charge in [-0.15, -0.1) is 0 Å². The standard InChI is InChI=1S/C14H19N3O2/c1-3-16-6-4-5-13(14(16)19)7-12-8-15-17(10-12)9-11(2)18/h4-6,8,10-11,18H,3,7,9H2,1-2H3. The highest BCUT2D eigenvalue weighted by Crippen LogP contribution is 2.05. The average Bonchev–Trinajstić information content (AvgIpc) is 2.78. The van der Waals surface area contributed by atoms with Crippen molar-refractivity contribution in [1.82, 2.24) is 14.3 Å². The molecule has 19 heavy (non-hydrogen) atoms. The molecule has 0 bridgehead atoms. The van der Waals surface area contributed by atoms with Gasteiger partial charge in [-0.1, -0.05) is 6.07 Å². The van der Waals surface area contributed by atoms with E-state index >= 15 is 0 Å². The fourth-order valence-electron chi connectivity index (χ4n) is 2.06. The topological polar surface area (TPSA) is 60.1 Å². The lowest BCUT2D eigenvalue weighted by atomic mass is 10.1. The van der Waals surface area contributed by atoms with Crippen LogP contribution in [0.5, 0.6) is 0 Å². The lowest BCUT2D eigenvalue weighted by Gasteiger charge is -2.04. The van der Waals surface area contributed by atoms with Crippen LogP contribution >= 0.6 is 0 Å². The normalized spacial score (nSPS) is 12.6. The van der Waals surface area contributed by atoms with Crippen LogP contribution in [0.3, 0.4) is 0 Å². The zero-order valence-corrected chi connectivity index (χ0v) is 11.3. The van der Waals surface area contributed by atoms with E-state index in [9.17, 15) is 9.90 Å². The molecular weight excluding hydrogens is 242 g/mol. The minimum absolute atomic E-state index is 0.0493. The van der Waals surface area contributed by atoms with Crippen LogP contribution in [0.4, 0.5) is 0 Å². The molecule has 0 spiro atoms. The van der Waals surface area contributed by atoms with Gasteiger partial charge < -0.3 is 9.67 Å². The predicted molar refractivity (Wildman–Crippen MR) is 73.1 cm³/mol. The summed E-state index contributed by atoms with van der Waals surface area (Å²) in [6.45, 7) is 4.81. The molecule has 0 radical (unpaired) electrons. The van der Waals surface area contributed by atoms with E-state index in [-0.39, 0.29) is 5.56 Å². The third-order valence-electron chi connectivity index (χ3n) is 2.97. The molecule has 0 aromatic carbocycles. The summed E-state index contributed by atoms with van der Waals surface area (Å²) < 4.78 is 3.39. The Morgan fingerprint density at radius 2 is 2.26 bits per heavy atom. The highest BCUT2D eigenvalue weighted by molar-refractivity contribution is 5.20. The Bertz CT molecular complexity index is 599. The number of hydrogen-bond donors (Lipinski definition) is 1. The molecule has 0 aliphatic carbocycles. The van der Waals surface area contributed by atoms with E-state index in [0.29, 0.717) is 19.5 Å². The summed E-state index contributed by atoms with van der Waals surface area (Å²) >= 11 is 0. The Kier molecular flexibility index (Phi) is 4.16. The Morgan fingerprint density at radius 3 is 2.95 bits per heavy atom. The van der Waals surface area contributed by atoms with Gasteiger partial charge in [0.1, 0.15) is 0 Å². The lowest BCUT2D eigenvalue weighted by molar-refractivity contribution is 0.168. The van der Waals surface area contributed by atoms with Crippen molar-refractivity contribution in [3.63, 3.8) is 0 Å². The largest absolute Gasteiger partial charge is 0.391 e. The van der Waals surface area contributed by atoms with E-state index in [4.69, 9.17) is 0 Å². The summed E-state index contributed by atoms with van der Waals surface area (Å²) in [5, 5.41) is 13.5. The quantitative estimate of drug-likeness (QED) is 0.874. The van der Waals surface area contributed by atoms with Gasteiger partial charge in [-0.2, -0.15) is 5.10 Å². The number of rotatable bonds is 5. The summed E-state index contributed by atoms with van der Waals surface area (Å²) in [5.74, 6) is 0. The van der Waals surface area contributed by atoms with E-state index in [1.165, 1.54) is 0 Å². The zero-order chi connectivity index (χ0) is 13.8. The van der Waals surface area contributed by atoms with Crippen LogP contribution in [0, 0.1) is 0 Å². The fourth-order valence-corrected chi connectivity index (χ4v) is 2.06. The smallest absolute Gasteiger partial charge is 0.254 e. The van der Waals surface area contributed by atoms with Crippen molar-refractivity contribution in [2.45, 2.75) is 39.5 Å². The molecule has 1 unspecified atom stereocenters. The van der Waals surface area contributed by atoms with Crippen molar-refractivity contribution < 1.29 is 5.11 Å². The third-order valence-corrected chi connectivity index (χ3v) is 2.97. The Hall–Kier alpha value is -1.88. The number of nitrogens with zero attached hydrogens (tertiary/aromatic N) is 3. The number of aliphatic hydroxyl groups is 1. The molecule has 2 heterocycles. The zero-order valence-electron chi connectivity index (χ0n) is 11.3. The van der Waals surface area contributed by atoms with Crippen molar-refractivity contribution in [1.29, 1.82) is 0 Å². The van der Waals surface area contributed by atoms with Gasteiger partial charge >= 0.3 is 0 Å². The SMILES string of the molecule is CCn1cccc(Cc2cnn(CC(C)O)c2)c1=O. The molecule has 2 aromatic rings. The van der Waals surface area contributed by atoms with Gasteiger partial charge in [0, 0.05) is 30.9 Å². The molecule has 1 atom stereocenters. The molecule has 5 heteroatoms. The summed E-state index contributed by atoms with van der Waals surface area (Å²) in [6, 6.07) is 3.74. The molecule has 0 fully saturated rings. The molecule has 0 saturated heterocycles. The van der Waals surface area contributed by atoms with E-state index in [1.54, 1.807) is 28.6 Å². The fraction of sp³-hybridized carbons (Fsp3) is 0.429. The predicted octanol–water partition coefficient (Wildman–Crippen LogP) is 1.04. The first-order valence-electron chi connectivity index (χ1n) is 6.48. The molecule has 0 saturated carbocycles. The van der Waals surface area contributed by atoms with Crippen LogP contribution in [-0.2, 0) is 19.5 Å². The minimum atomic E-state index is -0.429. The Balaban J connectivity index is 2.17. The molecule has 0 aliphatic heterocycles. The molecule has 0 aliphatic rings. The maximum Gasteiger partial charge on any atom is 0.254 e. The Morgan fingerprint density at radius 1 is 1.47 bits per heavy atom. The molecule has 2 aromatic heterocycles. The van der Waals surface area contributed by atoms with Gasteiger partial charge in [-0.25, -0.2) is 0 Å². The van der Waals surface area contributed by atoms with Crippen molar-refractivity contribution in [3.05, 3.63) is 52.2 Å². The van der Waals surface area contributed by atoms with Crippen LogP contribution in [0.15, 0.2) is 35.5 Å². The van der Waals surface area contributed by atoms with Gasteiger partial charge in [0.15, 0.2) is 0 Å². The van der Waals surface area contributed by atoms with E-state index in [1.807, 2.05) is 25.3 Å². The number of aliphatic hydroxyl groups excluding tert-OH is 1. The summed E-state index contributed by atoms with van der Waals surface area (Å²) in [5.41, 5.74) is 1.79. The number of aromatic nitrogens is 3. The number of aryl methyl sites for hydroxylation is 1. The van der Waals surface area contributed by atoms with Crippen molar-refractivity contribution in [2.75, 3.05) is 0 Å². The van der Waals surface area contributed by atoms with E-state index in [0.717, 1.165) is 11.1 Å². The highest BCUT2D eigenvalue weighted by Gasteiger charge is 2.06. The van der Waals surface area contributed by atoms with E-state index < -0.39 is 6.10 Å². The van der Waals surface area contributed by atoms with Crippen LogP contribution in [0.25, 0.3) is 0 Å². The maximum atomic E-state index is 12.1. The second-order valence-corrected chi connectivity index (χ2v) is 4.72. The summed E-state index contributed by atoms with van der Waals surface area (Å²) in [7, 11) is 0. The van der Waals surface area contributed by atoms with Crippen LogP contribution < -0.4 is 5.56 Å². The number of hydrogen-bond acceptors (Lipinski definition) is 3. The molecular formula is C14H19N3O2. The summed E-state index contributed by atoms with van der Waals surface area (Å²) in [6.07, 6.45) is 5.55. The first-order chi connectivity index (χ1) is 9.10. The minimum Gasteiger partial charge on any atom is -0.391 e. The van der Waals surface area contributed by atoms with Gasteiger partial charge in [0.25, 0.3) is 5.56 Å². The molecule has 1 N–H and O–H groups in total. The average molecular weight is 261 g/mol. The molecule has 2 rings (SSSR count). The molecule has 0 amide bonds. The highest BCUT2D eigenvalue weighted by atomic mass is 16.3.